The third-order valence-electron chi connectivity index (χ3n) is 3.83. The van der Waals surface area contributed by atoms with Gasteiger partial charge < -0.3 is 15.1 Å². The Morgan fingerprint density at radius 1 is 1.08 bits per heavy atom. The van der Waals surface area contributed by atoms with Crippen LogP contribution in [0.2, 0.25) is 0 Å². The van der Waals surface area contributed by atoms with Crippen LogP contribution in [0.1, 0.15) is 27.2 Å². The summed E-state index contributed by atoms with van der Waals surface area (Å²) in [4.78, 5) is 43.9. The molecule has 1 aromatic rings. The third-order valence-corrected chi connectivity index (χ3v) is 3.83. The second-order valence-electron chi connectivity index (χ2n) is 6.88. The summed E-state index contributed by atoms with van der Waals surface area (Å²) in [6, 6.07) is 3.35. The quantitative estimate of drug-likeness (QED) is 0.782. The standard InChI is InChI=1S/C17H24N4O3/c1-17(2,3)16(24)21-9-5-8-20(10-11-21)15(23)14(22)19-13-6-4-7-18-12-13/h4,6-7,12H,5,8-11H2,1-3H3,(H,19,22). The van der Waals surface area contributed by atoms with Crippen molar-refractivity contribution in [1.29, 1.82) is 0 Å². The summed E-state index contributed by atoms with van der Waals surface area (Å²) in [6.07, 6.45) is 3.73. The maximum absolute atomic E-state index is 12.4. The predicted octanol–water partition coefficient (Wildman–Crippen LogP) is 1.13. The number of carbonyl (C=O) groups excluding carboxylic acids is 3. The Morgan fingerprint density at radius 3 is 2.38 bits per heavy atom. The average Bonchev–Trinajstić information content (AvgIpc) is 2.79. The molecule has 0 bridgehead atoms. The molecule has 0 unspecified atom stereocenters. The maximum Gasteiger partial charge on any atom is 0.313 e. The van der Waals surface area contributed by atoms with E-state index in [2.05, 4.69) is 10.3 Å². The van der Waals surface area contributed by atoms with Crippen LogP contribution in [0.15, 0.2) is 24.5 Å². The molecule has 7 nitrogen and oxygen atoms in total. The van der Waals surface area contributed by atoms with Crippen molar-refractivity contribution in [3.05, 3.63) is 24.5 Å². The molecular formula is C17H24N4O3. The van der Waals surface area contributed by atoms with Gasteiger partial charge in [-0.05, 0) is 18.6 Å². The van der Waals surface area contributed by atoms with Crippen molar-refractivity contribution in [3.8, 4) is 0 Å². The summed E-state index contributed by atoms with van der Waals surface area (Å²) in [5.41, 5.74) is 0.0341. The Balaban J connectivity index is 1.94. The molecule has 0 spiro atoms. The lowest BCUT2D eigenvalue weighted by Gasteiger charge is -2.28. The molecule has 1 aliphatic rings. The molecule has 3 amide bonds. The summed E-state index contributed by atoms with van der Waals surface area (Å²) in [5.74, 6) is -1.20. The monoisotopic (exact) mass is 332 g/mol. The fourth-order valence-corrected chi connectivity index (χ4v) is 2.56. The van der Waals surface area contributed by atoms with Crippen LogP contribution in [0.5, 0.6) is 0 Å². The third kappa shape index (κ3) is 4.53. The molecule has 24 heavy (non-hydrogen) atoms. The van der Waals surface area contributed by atoms with E-state index in [0.717, 1.165) is 0 Å². The van der Waals surface area contributed by atoms with Gasteiger partial charge in [-0.2, -0.15) is 0 Å². The Kier molecular flexibility index (Phi) is 5.54. The van der Waals surface area contributed by atoms with E-state index in [1.807, 2.05) is 20.8 Å². The normalized spacial score (nSPS) is 15.6. The molecule has 0 aliphatic carbocycles. The van der Waals surface area contributed by atoms with Gasteiger partial charge in [0.2, 0.25) is 5.91 Å². The zero-order valence-corrected chi connectivity index (χ0v) is 14.4. The smallest absolute Gasteiger partial charge is 0.313 e. The van der Waals surface area contributed by atoms with E-state index < -0.39 is 17.2 Å². The largest absolute Gasteiger partial charge is 0.340 e. The first-order chi connectivity index (χ1) is 11.3. The van der Waals surface area contributed by atoms with Crippen LogP contribution in [-0.4, -0.2) is 58.7 Å². The molecule has 0 saturated carbocycles. The molecule has 1 aliphatic heterocycles. The highest BCUT2D eigenvalue weighted by molar-refractivity contribution is 6.39. The van der Waals surface area contributed by atoms with E-state index in [1.165, 1.54) is 11.1 Å². The zero-order chi connectivity index (χ0) is 17.7. The summed E-state index contributed by atoms with van der Waals surface area (Å²) >= 11 is 0. The van der Waals surface area contributed by atoms with Crippen LogP contribution < -0.4 is 5.32 Å². The van der Waals surface area contributed by atoms with Crippen LogP contribution in [0.4, 0.5) is 5.69 Å². The summed E-state index contributed by atoms with van der Waals surface area (Å²) < 4.78 is 0. The summed E-state index contributed by atoms with van der Waals surface area (Å²) in [5, 5.41) is 2.54. The van der Waals surface area contributed by atoms with Crippen molar-refractivity contribution in [2.75, 3.05) is 31.5 Å². The van der Waals surface area contributed by atoms with Crippen molar-refractivity contribution in [3.63, 3.8) is 0 Å². The van der Waals surface area contributed by atoms with Crippen LogP contribution in [-0.2, 0) is 14.4 Å². The van der Waals surface area contributed by atoms with Gasteiger partial charge in [0.15, 0.2) is 0 Å². The highest BCUT2D eigenvalue weighted by Crippen LogP contribution is 2.18. The number of anilines is 1. The van der Waals surface area contributed by atoms with Gasteiger partial charge in [0, 0.05) is 37.8 Å². The Hall–Kier alpha value is -2.44. The average molecular weight is 332 g/mol. The predicted molar refractivity (Wildman–Crippen MR) is 90.1 cm³/mol. The summed E-state index contributed by atoms with van der Waals surface area (Å²) in [7, 11) is 0. The minimum Gasteiger partial charge on any atom is -0.340 e. The van der Waals surface area contributed by atoms with E-state index in [4.69, 9.17) is 0 Å². The van der Waals surface area contributed by atoms with Crippen LogP contribution in [0.3, 0.4) is 0 Å². The Bertz CT molecular complexity index is 610. The van der Waals surface area contributed by atoms with Crippen LogP contribution in [0, 0.1) is 5.41 Å². The van der Waals surface area contributed by atoms with Crippen LogP contribution in [0.25, 0.3) is 0 Å². The van der Waals surface area contributed by atoms with E-state index in [-0.39, 0.29) is 5.91 Å². The van der Waals surface area contributed by atoms with Gasteiger partial charge in [0.1, 0.15) is 0 Å². The molecule has 1 aromatic heterocycles. The lowest BCUT2D eigenvalue weighted by Crippen LogP contribution is -2.44. The fraction of sp³-hybridized carbons (Fsp3) is 0.529. The number of hydrogen-bond acceptors (Lipinski definition) is 4. The van der Waals surface area contributed by atoms with E-state index in [1.54, 1.807) is 23.2 Å². The summed E-state index contributed by atoms with van der Waals surface area (Å²) in [6.45, 7) is 7.51. The maximum atomic E-state index is 12.4. The lowest BCUT2D eigenvalue weighted by molar-refractivity contribution is -0.143. The topological polar surface area (TPSA) is 82.6 Å². The first kappa shape index (κ1) is 17.9. The molecule has 2 rings (SSSR count). The molecule has 1 saturated heterocycles. The Labute approximate surface area is 142 Å². The number of hydrogen-bond donors (Lipinski definition) is 1. The van der Waals surface area contributed by atoms with Crippen molar-refractivity contribution in [1.82, 2.24) is 14.8 Å². The Morgan fingerprint density at radius 2 is 1.75 bits per heavy atom. The molecule has 130 valence electrons. The molecule has 1 N–H and O–H groups in total. The zero-order valence-electron chi connectivity index (χ0n) is 14.4. The van der Waals surface area contributed by atoms with Crippen molar-refractivity contribution >= 4 is 23.4 Å². The number of nitrogens with one attached hydrogen (secondary N) is 1. The molecular weight excluding hydrogens is 308 g/mol. The molecule has 0 radical (unpaired) electrons. The van der Waals surface area contributed by atoms with Gasteiger partial charge in [-0.1, -0.05) is 20.8 Å². The SMILES string of the molecule is CC(C)(C)C(=O)N1CCCN(C(=O)C(=O)Nc2cccnc2)CC1. The fourth-order valence-electron chi connectivity index (χ4n) is 2.56. The van der Waals surface area contributed by atoms with E-state index >= 15 is 0 Å². The van der Waals surface area contributed by atoms with Crippen LogP contribution >= 0.6 is 0 Å². The van der Waals surface area contributed by atoms with Crippen molar-refractivity contribution in [2.45, 2.75) is 27.2 Å². The van der Waals surface area contributed by atoms with Gasteiger partial charge in [0.25, 0.3) is 0 Å². The van der Waals surface area contributed by atoms with Gasteiger partial charge in [-0.15, -0.1) is 0 Å². The van der Waals surface area contributed by atoms with Crippen molar-refractivity contribution in [2.24, 2.45) is 5.41 Å². The highest BCUT2D eigenvalue weighted by Gasteiger charge is 2.30. The van der Waals surface area contributed by atoms with E-state index in [0.29, 0.717) is 38.3 Å². The number of rotatable bonds is 1. The second kappa shape index (κ2) is 7.42. The van der Waals surface area contributed by atoms with Gasteiger partial charge in [0.05, 0.1) is 11.9 Å². The number of pyridine rings is 1. The molecule has 2 heterocycles. The first-order valence-electron chi connectivity index (χ1n) is 8.08. The number of nitrogens with zero attached hydrogens (tertiary/aromatic N) is 3. The van der Waals surface area contributed by atoms with Gasteiger partial charge >= 0.3 is 11.8 Å². The molecule has 1 fully saturated rings. The number of aromatic nitrogens is 1. The van der Waals surface area contributed by atoms with E-state index in [9.17, 15) is 14.4 Å². The number of amides is 3. The first-order valence-corrected chi connectivity index (χ1v) is 8.08. The van der Waals surface area contributed by atoms with Gasteiger partial charge in [-0.25, -0.2) is 0 Å². The molecule has 0 aromatic carbocycles. The lowest BCUT2D eigenvalue weighted by atomic mass is 9.94. The minimum absolute atomic E-state index is 0.0663. The highest BCUT2D eigenvalue weighted by atomic mass is 16.2. The molecule has 7 heteroatoms. The number of carbonyl (C=O) groups is 3. The van der Waals surface area contributed by atoms with Gasteiger partial charge in [-0.3, -0.25) is 19.4 Å². The second-order valence-corrected chi connectivity index (χ2v) is 6.88. The molecule has 0 atom stereocenters. The van der Waals surface area contributed by atoms with Crippen molar-refractivity contribution < 1.29 is 14.4 Å². The minimum atomic E-state index is -0.682.